The molecule has 5 nitrogen and oxygen atoms in total. The zero-order valence-corrected chi connectivity index (χ0v) is 20.0. The number of nitrogens with zero attached hydrogens (tertiary/aromatic N) is 2. The highest BCUT2D eigenvalue weighted by atomic mass is 19.1. The fraction of sp³-hybridized carbons (Fsp3) is 0.333. The molecule has 0 saturated heterocycles. The van der Waals surface area contributed by atoms with Crippen LogP contribution < -0.4 is 4.74 Å². The van der Waals surface area contributed by atoms with Gasteiger partial charge in [-0.25, -0.2) is 8.78 Å². The molecule has 2 N–H and O–H groups in total. The van der Waals surface area contributed by atoms with Crippen molar-refractivity contribution in [3.05, 3.63) is 54.1 Å². The molecule has 5 aromatic rings. The predicted molar refractivity (Wildman–Crippen MR) is 136 cm³/mol. The summed E-state index contributed by atoms with van der Waals surface area (Å²) in [5.74, 6) is 0.0847. The molecule has 0 spiro atoms. The summed E-state index contributed by atoms with van der Waals surface area (Å²) in [6.07, 6.45) is 0. The lowest BCUT2D eigenvalue weighted by Crippen LogP contribution is -2.40. The molecule has 178 valence electrons. The van der Waals surface area contributed by atoms with Gasteiger partial charge >= 0.3 is 0 Å². The Morgan fingerprint density at radius 3 is 1.91 bits per heavy atom. The number of halogens is 2. The van der Waals surface area contributed by atoms with Gasteiger partial charge in [-0.1, -0.05) is 6.92 Å². The van der Waals surface area contributed by atoms with Gasteiger partial charge in [-0.3, -0.25) is 4.90 Å². The lowest BCUT2D eigenvalue weighted by atomic mass is 10.1. The molecule has 1 unspecified atom stereocenters. The highest BCUT2D eigenvalue weighted by molar-refractivity contribution is 6.20. The quantitative estimate of drug-likeness (QED) is 0.301. The fourth-order valence-electron chi connectivity index (χ4n) is 4.63. The second-order valence-corrected chi connectivity index (χ2v) is 9.23. The molecule has 1 atom stereocenters. The number of benzene rings is 3. The summed E-state index contributed by atoms with van der Waals surface area (Å²) in [4.78, 5) is 11.4. The van der Waals surface area contributed by atoms with E-state index in [1.165, 1.54) is 24.3 Å². The van der Waals surface area contributed by atoms with Crippen molar-refractivity contribution in [2.45, 2.75) is 19.9 Å². The Hall–Kier alpha value is -3.16. The monoisotopic (exact) mass is 464 g/mol. The Kier molecular flexibility index (Phi) is 5.91. The van der Waals surface area contributed by atoms with E-state index < -0.39 is 0 Å². The highest BCUT2D eigenvalue weighted by Gasteiger charge is 2.19. The molecule has 0 radical (unpaired) electrons. The number of nitrogens with one attached hydrogen (secondary N) is 2. The van der Waals surface area contributed by atoms with Crippen molar-refractivity contribution < 1.29 is 13.5 Å². The van der Waals surface area contributed by atoms with E-state index in [1.807, 2.05) is 6.07 Å². The van der Waals surface area contributed by atoms with Crippen molar-refractivity contribution in [1.82, 2.24) is 19.8 Å². The molecule has 0 fully saturated rings. The smallest absolute Gasteiger partial charge is 0.167 e. The highest BCUT2D eigenvalue weighted by Crippen LogP contribution is 2.41. The number of fused-ring (bicyclic) bond motifs is 6. The molecule has 3 aromatic carbocycles. The van der Waals surface area contributed by atoms with Crippen LogP contribution in [0.25, 0.3) is 43.6 Å². The molecule has 2 heterocycles. The van der Waals surface area contributed by atoms with Crippen LogP contribution in [0, 0.1) is 11.6 Å². The van der Waals surface area contributed by atoms with Crippen LogP contribution in [-0.4, -0.2) is 66.1 Å². The van der Waals surface area contributed by atoms with Crippen LogP contribution in [0.3, 0.4) is 0 Å². The topological polar surface area (TPSA) is 47.3 Å². The van der Waals surface area contributed by atoms with Crippen LogP contribution in [0.1, 0.15) is 13.8 Å². The van der Waals surface area contributed by atoms with Crippen LogP contribution in [0.4, 0.5) is 8.78 Å². The third kappa shape index (κ3) is 3.99. The van der Waals surface area contributed by atoms with Crippen LogP contribution >= 0.6 is 0 Å². The maximum absolute atomic E-state index is 14.1. The van der Waals surface area contributed by atoms with Gasteiger partial charge < -0.3 is 19.6 Å². The molecule has 0 aliphatic carbocycles. The van der Waals surface area contributed by atoms with Crippen molar-refractivity contribution in [2.24, 2.45) is 0 Å². The minimum atomic E-state index is -0.297. The number of aromatic nitrogens is 2. The molecule has 2 aromatic heterocycles. The fourth-order valence-corrected chi connectivity index (χ4v) is 4.63. The first-order valence-electron chi connectivity index (χ1n) is 11.7. The third-order valence-corrected chi connectivity index (χ3v) is 6.85. The van der Waals surface area contributed by atoms with E-state index in [0.29, 0.717) is 18.4 Å². The molecule has 5 rings (SSSR count). The Morgan fingerprint density at radius 2 is 1.41 bits per heavy atom. The molecular weight excluding hydrogens is 434 g/mol. The first kappa shape index (κ1) is 22.6. The van der Waals surface area contributed by atoms with E-state index in [1.54, 1.807) is 12.1 Å². The summed E-state index contributed by atoms with van der Waals surface area (Å²) >= 11 is 0. The van der Waals surface area contributed by atoms with Gasteiger partial charge in [0, 0.05) is 51.7 Å². The summed E-state index contributed by atoms with van der Waals surface area (Å²) < 4.78 is 34.6. The third-order valence-electron chi connectivity index (χ3n) is 6.85. The number of ether oxygens (including phenoxy) is 1. The Balaban J connectivity index is 1.59. The summed E-state index contributed by atoms with van der Waals surface area (Å²) in [5, 5.41) is 3.27. The first-order valence-corrected chi connectivity index (χ1v) is 11.7. The lowest BCUT2D eigenvalue weighted by molar-refractivity contribution is 0.171. The van der Waals surface area contributed by atoms with Gasteiger partial charge in [0.05, 0.1) is 11.0 Å². The molecule has 0 saturated carbocycles. The van der Waals surface area contributed by atoms with E-state index in [0.717, 1.165) is 63.2 Å². The second kappa shape index (κ2) is 8.89. The number of H-pyrrole nitrogens is 2. The molecular formula is C27H30F2N4O. The van der Waals surface area contributed by atoms with Crippen molar-refractivity contribution >= 4 is 43.6 Å². The molecule has 7 heteroatoms. The van der Waals surface area contributed by atoms with Gasteiger partial charge in [0.1, 0.15) is 18.2 Å². The summed E-state index contributed by atoms with van der Waals surface area (Å²) in [5.41, 5.74) is 3.29. The minimum Gasteiger partial charge on any atom is -0.488 e. The van der Waals surface area contributed by atoms with Crippen LogP contribution in [0.15, 0.2) is 42.5 Å². The van der Waals surface area contributed by atoms with Crippen LogP contribution in [0.2, 0.25) is 0 Å². The number of hydrogen-bond donors (Lipinski definition) is 2. The van der Waals surface area contributed by atoms with E-state index >= 15 is 0 Å². The van der Waals surface area contributed by atoms with Gasteiger partial charge in [-0.05, 0) is 70.0 Å². The summed E-state index contributed by atoms with van der Waals surface area (Å²) in [6.45, 7) is 7.51. The zero-order valence-electron chi connectivity index (χ0n) is 20.0. The second-order valence-electron chi connectivity index (χ2n) is 9.23. The van der Waals surface area contributed by atoms with Gasteiger partial charge in [-0.15, -0.1) is 0 Å². The lowest BCUT2D eigenvalue weighted by Gasteiger charge is -2.28. The van der Waals surface area contributed by atoms with E-state index in [2.05, 4.69) is 47.7 Å². The van der Waals surface area contributed by atoms with Crippen molar-refractivity contribution in [3.63, 3.8) is 0 Å². The Morgan fingerprint density at radius 1 is 0.853 bits per heavy atom. The summed E-state index contributed by atoms with van der Waals surface area (Å²) in [6, 6.07) is 11.8. The normalized spacial score (nSPS) is 13.3. The SMILES string of the molecule is CCN(CCOc1c2[nH]c3ccc(F)cc3c2cc2c1[nH]c1ccc(F)cc12)CC(C)N(C)C. The van der Waals surface area contributed by atoms with Crippen LogP contribution in [0.5, 0.6) is 5.75 Å². The van der Waals surface area contributed by atoms with Crippen molar-refractivity contribution in [3.8, 4) is 5.75 Å². The van der Waals surface area contributed by atoms with Gasteiger partial charge in [0.15, 0.2) is 5.75 Å². The van der Waals surface area contributed by atoms with Gasteiger partial charge in [0.2, 0.25) is 0 Å². The van der Waals surface area contributed by atoms with E-state index in [-0.39, 0.29) is 11.6 Å². The van der Waals surface area contributed by atoms with E-state index in [9.17, 15) is 8.78 Å². The average molecular weight is 465 g/mol. The van der Waals surface area contributed by atoms with Gasteiger partial charge in [0.25, 0.3) is 0 Å². The van der Waals surface area contributed by atoms with E-state index in [4.69, 9.17) is 4.74 Å². The Labute approximate surface area is 197 Å². The molecule has 0 aliphatic rings. The summed E-state index contributed by atoms with van der Waals surface area (Å²) in [7, 11) is 4.17. The maximum Gasteiger partial charge on any atom is 0.167 e. The molecule has 0 amide bonds. The first-order chi connectivity index (χ1) is 16.4. The van der Waals surface area contributed by atoms with Crippen molar-refractivity contribution in [1.29, 1.82) is 0 Å². The van der Waals surface area contributed by atoms with Gasteiger partial charge in [-0.2, -0.15) is 0 Å². The van der Waals surface area contributed by atoms with Crippen LogP contribution in [-0.2, 0) is 0 Å². The zero-order chi connectivity index (χ0) is 24.0. The average Bonchev–Trinajstić information content (AvgIpc) is 3.35. The standard InChI is InChI=1S/C27H30F2N4O/c1-5-33(15-16(2)32(3)4)10-11-34-27-25-21(19-12-17(28)6-8-23(19)30-25)14-22-20-13-18(29)7-9-24(20)31-26(22)27/h6-9,12-14,16,30-31H,5,10-11,15H2,1-4H3. The number of rotatable bonds is 8. The van der Waals surface area contributed by atoms with Crippen molar-refractivity contribution in [2.75, 3.05) is 40.3 Å². The number of aromatic amines is 2. The minimum absolute atomic E-state index is 0.297. The number of hydrogen-bond acceptors (Lipinski definition) is 3. The molecule has 34 heavy (non-hydrogen) atoms. The molecule has 0 bridgehead atoms. The Bertz CT molecular complexity index is 1390. The number of likely N-dealkylation sites (N-methyl/N-ethyl adjacent to an activating group) is 2. The molecule has 0 aliphatic heterocycles. The largest absolute Gasteiger partial charge is 0.488 e. The predicted octanol–water partition coefficient (Wildman–Crippen LogP) is 5.88. The maximum atomic E-state index is 14.1.